The molecule has 0 fully saturated rings. The fourth-order valence-corrected chi connectivity index (χ4v) is 2.01. The number of nitrogen functional groups attached to an aromatic ring is 1. The molecule has 0 saturated carbocycles. The summed E-state index contributed by atoms with van der Waals surface area (Å²) in [7, 11) is 0. The van der Waals surface area contributed by atoms with Gasteiger partial charge in [-0.05, 0) is 51.3 Å². The molecule has 0 bridgehead atoms. The minimum absolute atomic E-state index is 0.113. The molecule has 0 saturated heterocycles. The lowest BCUT2D eigenvalue weighted by Gasteiger charge is -2.23. The van der Waals surface area contributed by atoms with Crippen LogP contribution < -0.4 is 11.1 Å². The van der Waals surface area contributed by atoms with E-state index in [1.165, 1.54) is 0 Å². The van der Waals surface area contributed by atoms with E-state index in [0.29, 0.717) is 11.3 Å². The van der Waals surface area contributed by atoms with Crippen LogP contribution in [0.3, 0.4) is 0 Å². The summed E-state index contributed by atoms with van der Waals surface area (Å²) in [5.74, 6) is 0. The van der Waals surface area contributed by atoms with Crippen molar-refractivity contribution in [2.24, 2.45) is 0 Å². The van der Waals surface area contributed by atoms with Crippen LogP contribution in [-0.2, 0) is 4.74 Å². The van der Waals surface area contributed by atoms with E-state index < -0.39 is 23.9 Å². The van der Waals surface area contributed by atoms with Crippen LogP contribution in [0.1, 0.15) is 43.6 Å². The summed E-state index contributed by atoms with van der Waals surface area (Å²) >= 11 is 0. The van der Waals surface area contributed by atoms with E-state index in [2.05, 4.69) is 5.32 Å². The van der Waals surface area contributed by atoms with E-state index in [0.717, 1.165) is 11.1 Å². The summed E-state index contributed by atoms with van der Waals surface area (Å²) < 4.78 is 5.07. The molecule has 6 heteroatoms. The number of carbonyl (C=O) groups is 1. The number of benzene rings is 1. The van der Waals surface area contributed by atoms with E-state index in [1.807, 2.05) is 13.8 Å². The molecule has 2 unspecified atom stereocenters. The van der Waals surface area contributed by atoms with Crippen LogP contribution in [-0.4, -0.2) is 34.6 Å². The number of nitrogens with two attached hydrogens (primary N) is 1. The van der Waals surface area contributed by atoms with Crippen molar-refractivity contribution in [1.29, 1.82) is 0 Å². The topological polar surface area (TPSA) is 105 Å². The van der Waals surface area contributed by atoms with E-state index in [1.54, 1.807) is 32.9 Å². The zero-order valence-corrected chi connectivity index (χ0v) is 13.8. The van der Waals surface area contributed by atoms with Gasteiger partial charge in [-0.2, -0.15) is 0 Å². The summed E-state index contributed by atoms with van der Waals surface area (Å²) in [4.78, 5) is 11.5. The molecule has 0 aliphatic heterocycles. The van der Waals surface area contributed by atoms with Gasteiger partial charge in [-0.25, -0.2) is 4.79 Å². The molecule has 0 aliphatic rings. The van der Waals surface area contributed by atoms with Gasteiger partial charge in [0.1, 0.15) is 17.8 Å². The Hall–Kier alpha value is -1.79. The molecular weight excluding hydrogens is 284 g/mol. The van der Waals surface area contributed by atoms with E-state index in [9.17, 15) is 15.0 Å². The number of anilines is 1. The van der Waals surface area contributed by atoms with Gasteiger partial charge in [-0.15, -0.1) is 0 Å². The number of amides is 1. The Morgan fingerprint density at radius 2 is 1.77 bits per heavy atom. The number of ether oxygens (including phenoxy) is 1. The van der Waals surface area contributed by atoms with Gasteiger partial charge >= 0.3 is 6.09 Å². The third-order valence-electron chi connectivity index (χ3n) is 3.18. The molecule has 1 aromatic carbocycles. The van der Waals surface area contributed by atoms with Gasteiger partial charge in [-0.1, -0.05) is 12.1 Å². The molecule has 6 nitrogen and oxygen atoms in total. The summed E-state index contributed by atoms with van der Waals surface area (Å²) in [6.07, 6.45) is -2.90. The number of hydrogen-bond acceptors (Lipinski definition) is 5. The molecule has 1 amide bonds. The van der Waals surface area contributed by atoms with Gasteiger partial charge < -0.3 is 26.0 Å². The van der Waals surface area contributed by atoms with Crippen LogP contribution in [0.4, 0.5) is 10.5 Å². The molecule has 1 aromatic rings. The Kier molecular flexibility index (Phi) is 5.79. The standard InChI is InChI=1S/C16H26N2O4/c1-9-6-11(7-10(2)13(9)17)14(20)12(19)8-18-15(21)22-16(3,4)5/h6-7,12,14,19-20H,8,17H2,1-5H3,(H,18,21). The van der Waals surface area contributed by atoms with Crippen LogP contribution in [0.15, 0.2) is 12.1 Å². The van der Waals surface area contributed by atoms with Gasteiger partial charge in [0.2, 0.25) is 0 Å². The van der Waals surface area contributed by atoms with E-state index in [4.69, 9.17) is 10.5 Å². The smallest absolute Gasteiger partial charge is 0.407 e. The highest BCUT2D eigenvalue weighted by molar-refractivity contribution is 5.67. The molecule has 2 atom stereocenters. The van der Waals surface area contributed by atoms with Crippen molar-refractivity contribution in [3.63, 3.8) is 0 Å². The number of hydrogen-bond donors (Lipinski definition) is 4. The maximum atomic E-state index is 11.5. The molecule has 0 aromatic heterocycles. The molecule has 0 aliphatic carbocycles. The minimum atomic E-state index is -1.14. The van der Waals surface area contributed by atoms with Crippen LogP contribution in [0.25, 0.3) is 0 Å². The fraction of sp³-hybridized carbons (Fsp3) is 0.562. The van der Waals surface area contributed by atoms with Crippen molar-refractivity contribution in [3.05, 3.63) is 28.8 Å². The average Bonchev–Trinajstić information content (AvgIpc) is 2.38. The Bertz CT molecular complexity index is 514. The van der Waals surface area contributed by atoms with Crippen molar-refractivity contribution in [3.8, 4) is 0 Å². The summed E-state index contributed by atoms with van der Waals surface area (Å²) in [6, 6.07) is 3.45. The number of carbonyl (C=O) groups excluding carboxylic acids is 1. The summed E-state index contributed by atoms with van der Waals surface area (Å²) in [6.45, 7) is 8.81. The lowest BCUT2D eigenvalue weighted by molar-refractivity contribution is 0.0129. The number of aryl methyl sites for hydroxylation is 2. The maximum absolute atomic E-state index is 11.5. The van der Waals surface area contributed by atoms with E-state index in [-0.39, 0.29) is 6.54 Å². The Labute approximate surface area is 131 Å². The molecule has 1 rings (SSSR count). The van der Waals surface area contributed by atoms with Gasteiger partial charge in [0.25, 0.3) is 0 Å². The van der Waals surface area contributed by atoms with Crippen molar-refractivity contribution in [1.82, 2.24) is 5.32 Å². The Morgan fingerprint density at radius 3 is 2.23 bits per heavy atom. The lowest BCUT2D eigenvalue weighted by Crippen LogP contribution is -2.38. The quantitative estimate of drug-likeness (QED) is 0.635. The molecule has 0 heterocycles. The first-order valence-corrected chi connectivity index (χ1v) is 7.21. The zero-order valence-electron chi connectivity index (χ0n) is 13.8. The average molecular weight is 310 g/mol. The molecule has 5 N–H and O–H groups in total. The maximum Gasteiger partial charge on any atom is 0.407 e. The van der Waals surface area contributed by atoms with Crippen molar-refractivity contribution < 1.29 is 19.7 Å². The second-order valence-electron chi connectivity index (χ2n) is 6.46. The number of alkyl carbamates (subject to hydrolysis) is 1. The van der Waals surface area contributed by atoms with Crippen LogP contribution >= 0.6 is 0 Å². The molecule has 0 radical (unpaired) electrons. The highest BCUT2D eigenvalue weighted by Gasteiger charge is 2.22. The molecule has 22 heavy (non-hydrogen) atoms. The molecule has 0 spiro atoms. The second-order valence-corrected chi connectivity index (χ2v) is 6.46. The lowest BCUT2D eigenvalue weighted by atomic mass is 9.98. The van der Waals surface area contributed by atoms with Gasteiger partial charge in [-0.3, -0.25) is 0 Å². The summed E-state index contributed by atoms with van der Waals surface area (Å²) in [5.41, 5.74) is 8.15. The van der Waals surface area contributed by atoms with Crippen LogP contribution in [0, 0.1) is 13.8 Å². The largest absolute Gasteiger partial charge is 0.444 e. The number of aliphatic hydroxyl groups excluding tert-OH is 2. The summed E-state index contributed by atoms with van der Waals surface area (Å²) in [5, 5.41) is 22.6. The number of rotatable bonds is 4. The Balaban J connectivity index is 2.66. The monoisotopic (exact) mass is 310 g/mol. The third kappa shape index (κ3) is 5.20. The number of nitrogens with one attached hydrogen (secondary N) is 1. The Morgan fingerprint density at radius 1 is 1.27 bits per heavy atom. The SMILES string of the molecule is Cc1cc(C(O)C(O)CNC(=O)OC(C)(C)C)cc(C)c1N. The first-order valence-electron chi connectivity index (χ1n) is 7.21. The van der Waals surface area contributed by atoms with E-state index >= 15 is 0 Å². The highest BCUT2D eigenvalue weighted by Crippen LogP contribution is 2.24. The first-order chi connectivity index (χ1) is 10.0. The second kappa shape index (κ2) is 6.98. The van der Waals surface area contributed by atoms with Crippen molar-refractivity contribution in [2.75, 3.05) is 12.3 Å². The van der Waals surface area contributed by atoms with Gasteiger partial charge in [0.15, 0.2) is 0 Å². The van der Waals surface area contributed by atoms with Crippen molar-refractivity contribution in [2.45, 2.75) is 52.4 Å². The molecule has 124 valence electrons. The zero-order chi connectivity index (χ0) is 17.1. The normalized spacial score (nSPS) is 14.3. The number of aliphatic hydroxyl groups is 2. The van der Waals surface area contributed by atoms with Gasteiger partial charge in [0, 0.05) is 12.2 Å². The van der Waals surface area contributed by atoms with Crippen LogP contribution in [0.5, 0.6) is 0 Å². The van der Waals surface area contributed by atoms with Crippen molar-refractivity contribution >= 4 is 11.8 Å². The first kappa shape index (κ1) is 18.3. The van der Waals surface area contributed by atoms with Crippen LogP contribution in [0.2, 0.25) is 0 Å². The van der Waals surface area contributed by atoms with Gasteiger partial charge in [0.05, 0.1) is 0 Å². The minimum Gasteiger partial charge on any atom is -0.444 e. The molecular formula is C16H26N2O4. The third-order valence-corrected chi connectivity index (χ3v) is 3.18. The predicted molar refractivity (Wildman–Crippen MR) is 85.5 cm³/mol. The fourth-order valence-electron chi connectivity index (χ4n) is 2.01. The highest BCUT2D eigenvalue weighted by atomic mass is 16.6. The predicted octanol–water partition coefficient (Wildman–Crippen LogP) is 1.80.